The number of halogens is 8. The van der Waals surface area contributed by atoms with Crippen molar-refractivity contribution in [3.63, 3.8) is 0 Å². The number of aryl methyl sites for hydroxylation is 1. The van der Waals surface area contributed by atoms with E-state index in [9.17, 15) is 36.2 Å². The Bertz CT molecular complexity index is 1720. The Morgan fingerprint density at radius 2 is 1.63 bits per heavy atom. The lowest BCUT2D eigenvalue weighted by Crippen LogP contribution is -2.27. The van der Waals surface area contributed by atoms with Gasteiger partial charge in [-0.3, -0.25) is 0 Å². The molecule has 1 aliphatic rings. The number of rotatable bonds is 8. The molecule has 0 saturated heterocycles. The maximum absolute atomic E-state index is 15.8. The van der Waals surface area contributed by atoms with E-state index in [4.69, 9.17) is 4.74 Å². The zero-order valence-corrected chi connectivity index (χ0v) is 24.2. The van der Waals surface area contributed by atoms with Crippen molar-refractivity contribution in [1.29, 1.82) is 0 Å². The van der Waals surface area contributed by atoms with Crippen LogP contribution in [0.3, 0.4) is 0 Å². The van der Waals surface area contributed by atoms with Crippen molar-refractivity contribution in [3.05, 3.63) is 94.8 Å². The Morgan fingerprint density at radius 3 is 2.26 bits per heavy atom. The number of aromatic nitrogens is 3. The quantitative estimate of drug-likeness (QED) is 0.192. The number of carbonyl (C=O) groups is 1. The number of carboxylic acids is 1. The van der Waals surface area contributed by atoms with Gasteiger partial charge in [0.05, 0.1) is 23.4 Å². The van der Waals surface area contributed by atoms with Crippen molar-refractivity contribution >= 4 is 5.97 Å². The molecule has 0 amide bonds. The van der Waals surface area contributed by atoms with Gasteiger partial charge in [-0.2, -0.15) is 40.2 Å². The van der Waals surface area contributed by atoms with Gasteiger partial charge >= 0.3 is 24.4 Å². The van der Waals surface area contributed by atoms with Crippen LogP contribution in [-0.2, 0) is 18.7 Å². The van der Waals surface area contributed by atoms with Gasteiger partial charge in [-0.05, 0) is 79.5 Å². The van der Waals surface area contributed by atoms with E-state index >= 15 is 8.78 Å². The van der Waals surface area contributed by atoms with Crippen molar-refractivity contribution < 1.29 is 49.8 Å². The highest BCUT2D eigenvalue weighted by molar-refractivity contribution is 5.89. The smallest absolute Gasteiger partial charge is 0.434 e. The minimum absolute atomic E-state index is 0.0132. The molecule has 0 radical (unpaired) electrons. The predicted molar refractivity (Wildman–Crippen MR) is 150 cm³/mol. The van der Waals surface area contributed by atoms with Crippen LogP contribution in [0.4, 0.5) is 35.1 Å². The lowest BCUT2D eigenvalue weighted by molar-refractivity contribution is -0.186. The third kappa shape index (κ3) is 6.70. The fraction of sp³-hybridized carbons (Fsp3) is 0.344. The average molecular weight is 654 g/mol. The fourth-order valence-corrected chi connectivity index (χ4v) is 5.80. The highest BCUT2D eigenvalue weighted by atomic mass is 19.4. The molecule has 1 fully saturated rings. The molecule has 1 saturated carbocycles. The van der Waals surface area contributed by atoms with Crippen LogP contribution in [0.1, 0.15) is 71.3 Å². The van der Waals surface area contributed by atoms with Gasteiger partial charge in [0.25, 0.3) is 0 Å². The Kier molecular flexibility index (Phi) is 8.84. The summed E-state index contributed by atoms with van der Waals surface area (Å²) in [5.74, 6) is -4.14. The lowest BCUT2D eigenvalue weighted by Gasteiger charge is -2.30. The summed E-state index contributed by atoms with van der Waals surface area (Å²) in [5, 5.41) is 12.8. The summed E-state index contributed by atoms with van der Waals surface area (Å²) in [4.78, 5) is 15.5. The van der Waals surface area contributed by atoms with Crippen molar-refractivity contribution in [1.82, 2.24) is 14.8 Å². The second-order valence-electron chi connectivity index (χ2n) is 11.0. The van der Waals surface area contributed by atoms with Gasteiger partial charge < -0.3 is 9.84 Å². The first-order valence-corrected chi connectivity index (χ1v) is 14.3. The van der Waals surface area contributed by atoms with Crippen LogP contribution >= 0.6 is 0 Å². The average Bonchev–Trinajstić information content (AvgIpc) is 3.48. The molecule has 0 aliphatic heterocycles. The molecule has 4 aromatic rings. The van der Waals surface area contributed by atoms with Gasteiger partial charge in [-0.25, -0.2) is 14.5 Å². The minimum atomic E-state index is -5.10. The van der Waals surface area contributed by atoms with E-state index in [0.29, 0.717) is 29.3 Å². The van der Waals surface area contributed by atoms with Gasteiger partial charge in [0.2, 0.25) is 0 Å². The molecule has 5 rings (SSSR count). The van der Waals surface area contributed by atoms with E-state index in [0.717, 1.165) is 6.07 Å². The third-order valence-corrected chi connectivity index (χ3v) is 8.11. The molecule has 2 aromatic carbocycles. The van der Waals surface area contributed by atoms with Crippen molar-refractivity contribution in [2.75, 3.05) is 0 Å². The molecule has 244 valence electrons. The molecule has 0 bridgehead atoms. The summed E-state index contributed by atoms with van der Waals surface area (Å²) in [5.41, 5.74) is -2.19. The molecule has 14 heteroatoms. The van der Waals surface area contributed by atoms with Crippen LogP contribution in [0.2, 0.25) is 0 Å². The maximum atomic E-state index is 15.8. The molecule has 0 unspecified atom stereocenters. The largest absolute Gasteiger partial charge is 0.478 e. The number of benzene rings is 2. The van der Waals surface area contributed by atoms with Gasteiger partial charge in [-0.15, -0.1) is 0 Å². The molecule has 0 atom stereocenters. The summed E-state index contributed by atoms with van der Waals surface area (Å²) in [6.07, 6.45) is -12.0. The third-order valence-electron chi connectivity index (χ3n) is 8.11. The van der Waals surface area contributed by atoms with Gasteiger partial charge in [-0.1, -0.05) is 37.3 Å². The monoisotopic (exact) mass is 653 g/mol. The summed E-state index contributed by atoms with van der Waals surface area (Å²) in [7, 11) is 0. The summed E-state index contributed by atoms with van der Waals surface area (Å²) in [6.45, 7) is 1.67. The second kappa shape index (κ2) is 12.4. The van der Waals surface area contributed by atoms with E-state index in [1.54, 1.807) is 13.0 Å². The Hall–Kier alpha value is -4.49. The van der Waals surface area contributed by atoms with Crippen molar-refractivity contribution in [2.45, 2.75) is 63.4 Å². The van der Waals surface area contributed by atoms with Crippen LogP contribution in [-0.4, -0.2) is 32.0 Å². The number of aromatic carboxylic acids is 1. The lowest BCUT2D eigenvalue weighted by atomic mass is 9.78. The Labute approximate surface area is 257 Å². The molecule has 6 nitrogen and oxygen atoms in total. The first-order chi connectivity index (χ1) is 21.6. The second-order valence-corrected chi connectivity index (χ2v) is 11.0. The van der Waals surface area contributed by atoms with E-state index in [1.165, 1.54) is 48.5 Å². The summed E-state index contributed by atoms with van der Waals surface area (Å²) >= 11 is 0. The van der Waals surface area contributed by atoms with E-state index < -0.39 is 53.0 Å². The highest BCUT2D eigenvalue weighted by Crippen LogP contribution is 2.44. The van der Waals surface area contributed by atoms with Crippen LogP contribution in [0.5, 0.6) is 5.75 Å². The number of para-hydroxylation sites is 1. The number of hydrogen-bond donors (Lipinski definition) is 1. The van der Waals surface area contributed by atoms with Gasteiger partial charge in [0.1, 0.15) is 11.3 Å². The standard InChI is InChI=1S/C32H27F8N3O3/c1-2-18-16-20(19-10-13-21(14-11-19)30(33,34)35)12-15-24(18)32(39,40)46-26-8-4-3-6-22(26)25-7-5-9-27(42-25)43-28(31(36,37)38)23(17-41-43)29(44)45/h3-9,12,15-17,19,21H,2,10-11,13-14H2,1H3,(H,44,45). The summed E-state index contributed by atoms with van der Waals surface area (Å²) < 4.78 is 118. The number of carboxylic acid groups (broad SMARTS) is 1. The zero-order valence-electron chi connectivity index (χ0n) is 24.2. The number of ether oxygens (including phenoxy) is 1. The highest BCUT2D eigenvalue weighted by Gasteiger charge is 2.43. The molecular weight excluding hydrogens is 626 g/mol. The first-order valence-electron chi connectivity index (χ1n) is 14.3. The fourth-order valence-electron chi connectivity index (χ4n) is 5.80. The molecule has 1 N–H and O–H groups in total. The topological polar surface area (TPSA) is 77.2 Å². The Morgan fingerprint density at radius 1 is 0.935 bits per heavy atom. The molecule has 2 aromatic heterocycles. The molecular formula is C32H27F8N3O3. The van der Waals surface area contributed by atoms with Crippen molar-refractivity contribution in [2.24, 2.45) is 5.92 Å². The molecule has 2 heterocycles. The number of alkyl halides is 8. The Balaban J connectivity index is 1.44. The number of pyridine rings is 1. The van der Waals surface area contributed by atoms with Crippen LogP contribution in [0.25, 0.3) is 17.1 Å². The van der Waals surface area contributed by atoms with E-state index in [2.05, 4.69) is 10.1 Å². The van der Waals surface area contributed by atoms with E-state index in [-0.39, 0.29) is 47.8 Å². The van der Waals surface area contributed by atoms with Crippen LogP contribution < -0.4 is 4.74 Å². The number of nitrogens with zero attached hydrogens (tertiary/aromatic N) is 3. The summed E-state index contributed by atoms with van der Waals surface area (Å²) in [6, 6.07) is 13.6. The molecule has 46 heavy (non-hydrogen) atoms. The first kappa shape index (κ1) is 32.9. The predicted octanol–water partition coefficient (Wildman–Crippen LogP) is 9.18. The zero-order chi connectivity index (χ0) is 33.4. The van der Waals surface area contributed by atoms with Gasteiger partial charge in [0, 0.05) is 5.56 Å². The maximum Gasteiger partial charge on any atom is 0.434 e. The SMILES string of the molecule is CCc1cc(C2CCC(C(F)(F)F)CC2)ccc1C(F)(F)Oc1ccccc1-c1cccc(-n2ncc(C(=O)O)c2C(F)(F)F)n1. The number of hydrogen-bond acceptors (Lipinski definition) is 4. The van der Waals surface area contributed by atoms with Crippen LogP contribution in [0, 0.1) is 5.92 Å². The molecule has 1 aliphatic carbocycles. The molecule has 0 spiro atoms. The van der Waals surface area contributed by atoms with Crippen LogP contribution in [0.15, 0.2) is 66.9 Å². The van der Waals surface area contributed by atoms with E-state index in [1.807, 2.05) is 0 Å². The van der Waals surface area contributed by atoms with Crippen molar-refractivity contribution in [3.8, 4) is 22.8 Å². The minimum Gasteiger partial charge on any atom is -0.478 e. The normalized spacial score (nSPS) is 17.6. The van der Waals surface area contributed by atoms with Gasteiger partial charge in [0.15, 0.2) is 11.5 Å².